The number of benzene rings is 1. The van der Waals surface area contributed by atoms with E-state index in [-0.39, 0.29) is 11.6 Å². The van der Waals surface area contributed by atoms with Gasteiger partial charge in [0, 0.05) is 13.1 Å². The van der Waals surface area contributed by atoms with Crippen molar-refractivity contribution in [2.45, 2.75) is 19.0 Å². The van der Waals surface area contributed by atoms with Crippen LogP contribution in [-0.4, -0.2) is 28.3 Å². The molecular weight excluding hydrogens is 295 g/mol. The summed E-state index contributed by atoms with van der Waals surface area (Å²) in [6.45, 7) is 1.74. The minimum Gasteiger partial charge on any atom is -0.355 e. The number of rotatable bonds is 3. The van der Waals surface area contributed by atoms with Crippen molar-refractivity contribution in [2.75, 3.05) is 23.3 Å². The van der Waals surface area contributed by atoms with Crippen molar-refractivity contribution in [3.05, 3.63) is 36.0 Å². The largest absolute Gasteiger partial charge is 0.418 e. The number of halogens is 3. The fourth-order valence-electron chi connectivity index (χ4n) is 2.41. The quantitative estimate of drug-likeness (QED) is 0.943. The number of anilines is 3. The number of hydrogen-bond acceptors (Lipinski definition) is 5. The van der Waals surface area contributed by atoms with Crippen LogP contribution in [0.2, 0.25) is 0 Å². The van der Waals surface area contributed by atoms with Crippen LogP contribution in [0.1, 0.15) is 18.4 Å². The van der Waals surface area contributed by atoms with Crippen LogP contribution in [0.3, 0.4) is 0 Å². The van der Waals surface area contributed by atoms with Crippen LogP contribution in [0, 0.1) is 0 Å². The zero-order chi connectivity index (χ0) is 15.6. The van der Waals surface area contributed by atoms with Crippen molar-refractivity contribution in [2.24, 2.45) is 0 Å². The summed E-state index contributed by atoms with van der Waals surface area (Å²) in [7, 11) is 0. The monoisotopic (exact) mass is 309 g/mol. The summed E-state index contributed by atoms with van der Waals surface area (Å²) in [6.07, 6.45) is -0.775. The van der Waals surface area contributed by atoms with Crippen molar-refractivity contribution in [1.29, 1.82) is 0 Å². The summed E-state index contributed by atoms with van der Waals surface area (Å²) < 4.78 is 38.9. The maximum Gasteiger partial charge on any atom is 0.418 e. The normalized spacial score (nSPS) is 15.1. The molecule has 116 valence electrons. The van der Waals surface area contributed by atoms with Gasteiger partial charge in [0.1, 0.15) is 0 Å². The van der Waals surface area contributed by atoms with Crippen molar-refractivity contribution in [1.82, 2.24) is 15.2 Å². The molecule has 0 atom stereocenters. The molecule has 3 rings (SSSR count). The molecule has 22 heavy (non-hydrogen) atoms. The van der Waals surface area contributed by atoms with Crippen LogP contribution < -0.4 is 10.2 Å². The van der Waals surface area contributed by atoms with E-state index in [1.165, 1.54) is 24.4 Å². The Morgan fingerprint density at radius 2 is 1.82 bits per heavy atom. The predicted octanol–water partition coefficient (Wildman–Crippen LogP) is 3.23. The van der Waals surface area contributed by atoms with Gasteiger partial charge >= 0.3 is 6.18 Å². The molecule has 0 unspecified atom stereocenters. The smallest absolute Gasteiger partial charge is 0.355 e. The second-order valence-corrected chi connectivity index (χ2v) is 5.00. The van der Waals surface area contributed by atoms with E-state index in [4.69, 9.17) is 0 Å². The number of hydrogen-bond donors (Lipinski definition) is 1. The predicted molar refractivity (Wildman–Crippen MR) is 76.0 cm³/mol. The molecule has 0 aliphatic carbocycles. The van der Waals surface area contributed by atoms with Gasteiger partial charge in [-0.2, -0.15) is 23.3 Å². The first-order valence-electron chi connectivity index (χ1n) is 6.92. The molecule has 1 N–H and O–H groups in total. The summed E-state index contributed by atoms with van der Waals surface area (Å²) in [5.41, 5.74) is -0.847. The average Bonchev–Trinajstić information content (AvgIpc) is 3.01. The average molecular weight is 309 g/mol. The highest BCUT2D eigenvalue weighted by Gasteiger charge is 2.33. The fourth-order valence-corrected chi connectivity index (χ4v) is 2.41. The molecule has 0 spiro atoms. The Labute approximate surface area is 125 Å². The molecule has 1 aliphatic rings. The molecule has 0 amide bonds. The number of para-hydroxylation sites is 1. The summed E-state index contributed by atoms with van der Waals surface area (Å²) in [5.74, 6) is 0.681. The molecule has 0 radical (unpaired) electrons. The summed E-state index contributed by atoms with van der Waals surface area (Å²) >= 11 is 0. The molecular formula is C14H14F3N5. The Kier molecular flexibility index (Phi) is 3.82. The van der Waals surface area contributed by atoms with E-state index in [1.807, 2.05) is 4.90 Å². The highest BCUT2D eigenvalue weighted by atomic mass is 19.4. The van der Waals surface area contributed by atoms with Gasteiger partial charge in [0.15, 0.2) is 5.82 Å². The number of nitrogens with zero attached hydrogens (tertiary/aromatic N) is 4. The van der Waals surface area contributed by atoms with Gasteiger partial charge in [0.2, 0.25) is 5.95 Å². The molecule has 8 heteroatoms. The van der Waals surface area contributed by atoms with Gasteiger partial charge in [-0.3, -0.25) is 0 Å². The highest BCUT2D eigenvalue weighted by Crippen LogP contribution is 2.35. The standard InChI is InChI=1S/C14H14F3N5/c15-14(16,17)10-5-1-2-6-11(10)19-13-20-12(9-18-21-13)22-7-3-4-8-22/h1-2,5-6,9H,3-4,7-8H2,(H,19,20,21). The third kappa shape index (κ3) is 3.10. The molecule has 1 aromatic carbocycles. The van der Waals surface area contributed by atoms with Crippen molar-refractivity contribution in [3.63, 3.8) is 0 Å². The van der Waals surface area contributed by atoms with E-state index < -0.39 is 11.7 Å². The van der Waals surface area contributed by atoms with Crippen molar-refractivity contribution >= 4 is 17.5 Å². The second-order valence-electron chi connectivity index (χ2n) is 5.00. The zero-order valence-electron chi connectivity index (χ0n) is 11.6. The Morgan fingerprint density at radius 1 is 1.09 bits per heavy atom. The molecule has 0 saturated carbocycles. The fraction of sp³-hybridized carbons (Fsp3) is 0.357. The van der Waals surface area contributed by atoms with Crippen LogP contribution in [0.5, 0.6) is 0 Å². The Morgan fingerprint density at radius 3 is 2.55 bits per heavy atom. The maximum absolute atomic E-state index is 13.0. The van der Waals surface area contributed by atoms with Gasteiger partial charge in [-0.05, 0) is 25.0 Å². The summed E-state index contributed by atoms with van der Waals surface area (Å²) in [6, 6.07) is 5.22. The zero-order valence-corrected chi connectivity index (χ0v) is 11.6. The van der Waals surface area contributed by atoms with Gasteiger partial charge < -0.3 is 10.2 Å². The minimum atomic E-state index is -4.44. The van der Waals surface area contributed by atoms with Crippen LogP contribution >= 0.6 is 0 Å². The van der Waals surface area contributed by atoms with Gasteiger partial charge in [-0.15, -0.1) is 5.10 Å². The number of aromatic nitrogens is 3. The Bertz CT molecular complexity index is 653. The highest BCUT2D eigenvalue weighted by molar-refractivity contribution is 5.60. The van der Waals surface area contributed by atoms with Crippen LogP contribution in [0.15, 0.2) is 30.5 Å². The molecule has 2 aromatic rings. The molecule has 1 saturated heterocycles. The summed E-state index contributed by atoms with van der Waals surface area (Å²) in [4.78, 5) is 6.28. The Balaban J connectivity index is 1.86. The lowest BCUT2D eigenvalue weighted by molar-refractivity contribution is -0.136. The number of nitrogens with one attached hydrogen (secondary N) is 1. The van der Waals surface area contributed by atoms with Gasteiger partial charge in [-0.1, -0.05) is 12.1 Å². The lowest BCUT2D eigenvalue weighted by Gasteiger charge is -2.17. The summed E-state index contributed by atoms with van der Waals surface area (Å²) in [5, 5.41) is 10.2. The van der Waals surface area contributed by atoms with Gasteiger partial charge in [0.05, 0.1) is 17.4 Å². The minimum absolute atomic E-state index is 0.0566. The molecule has 5 nitrogen and oxygen atoms in total. The third-order valence-corrected chi connectivity index (χ3v) is 3.46. The maximum atomic E-state index is 13.0. The molecule has 0 bridgehead atoms. The van der Waals surface area contributed by atoms with E-state index in [1.54, 1.807) is 0 Å². The lowest BCUT2D eigenvalue weighted by atomic mass is 10.1. The van der Waals surface area contributed by atoms with E-state index in [2.05, 4.69) is 20.5 Å². The van der Waals surface area contributed by atoms with E-state index in [9.17, 15) is 13.2 Å². The molecule has 1 fully saturated rings. The van der Waals surface area contributed by atoms with E-state index >= 15 is 0 Å². The third-order valence-electron chi connectivity index (χ3n) is 3.46. The van der Waals surface area contributed by atoms with Crippen LogP contribution in [0.25, 0.3) is 0 Å². The molecule has 1 aliphatic heterocycles. The van der Waals surface area contributed by atoms with Crippen LogP contribution in [-0.2, 0) is 6.18 Å². The first kappa shape index (κ1) is 14.6. The molecule has 1 aromatic heterocycles. The van der Waals surface area contributed by atoms with Crippen molar-refractivity contribution in [3.8, 4) is 0 Å². The van der Waals surface area contributed by atoms with Gasteiger partial charge in [0.25, 0.3) is 0 Å². The Hall–Kier alpha value is -2.38. The SMILES string of the molecule is FC(F)(F)c1ccccc1Nc1nncc(N2CCCC2)n1. The first-order valence-corrected chi connectivity index (χ1v) is 6.92. The van der Waals surface area contributed by atoms with E-state index in [0.717, 1.165) is 32.0 Å². The van der Waals surface area contributed by atoms with Crippen molar-refractivity contribution < 1.29 is 13.2 Å². The first-order chi connectivity index (χ1) is 10.5. The second kappa shape index (κ2) is 5.78. The lowest BCUT2D eigenvalue weighted by Crippen LogP contribution is -2.20. The van der Waals surface area contributed by atoms with Crippen LogP contribution in [0.4, 0.5) is 30.6 Å². The topological polar surface area (TPSA) is 53.9 Å². The van der Waals surface area contributed by atoms with Gasteiger partial charge in [-0.25, -0.2) is 0 Å². The number of alkyl halides is 3. The van der Waals surface area contributed by atoms with E-state index in [0.29, 0.717) is 5.82 Å². The molecule has 2 heterocycles.